The lowest BCUT2D eigenvalue weighted by molar-refractivity contribution is -0.116. The van der Waals surface area contributed by atoms with Crippen molar-refractivity contribution < 1.29 is 19.4 Å². The van der Waals surface area contributed by atoms with Gasteiger partial charge >= 0.3 is 0 Å². The Balaban J connectivity index is 1.39. The van der Waals surface area contributed by atoms with Crippen LogP contribution in [0.4, 0.5) is 11.5 Å². The predicted molar refractivity (Wildman–Crippen MR) is 158 cm³/mol. The fourth-order valence-electron chi connectivity index (χ4n) is 5.50. The van der Waals surface area contributed by atoms with Gasteiger partial charge in [-0.25, -0.2) is 9.97 Å². The largest absolute Gasteiger partial charge is 0.506 e. The van der Waals surface area contributed by atoms with Crippen molar-refractivity contribution in [3.05, 3.63) is 62.4 Å². The number of rotatable bonds is 6. The van der Waals surface area contributed by atoms with E-state index in [1.807, 2.05) is 6.92 Å². The van der Waals surface area contributed by atoms with E-state index in [-0.39, 0.29) is 39.1 Å². The van der Waals surface area contributed by atoms with E-state index >= 15 is 0 Å². The summed E-state index contributed by atoms with van der Waals surface area (Å²) in [5, 5.41) is 13.5. The van der Waals surface area contributed by atoms with Gasteiger partial charge in [-0.3, -0.25) is 19.0 Å². The van der Waals surface area contributed by atoms with Gasteiger partial charge in [-0.2, -0.15) is 0 Å². The maximum absolute atomic E-state index is 13.6. The molecule has 0 aliphatic carbocycles. The molecule has 2 aliphatic rings. The van der Waals surface area contributed by atoms with E-state index in [2.05, 4.69) is 15.2 Å². The first kappa shape index (κ1) is 28.0. The van der Waals surface area contributed by atoms with Crippen molar-refractivity contribution in [3.63, 3.8) is 0 Å². The second-order valence-corrected chi connectivity index (χ2v) is 11.2. The Kier molecular flexibility index (Phi) is 7.29. The summed E-state index contributed by atoms with van der Waals surface area (Å²) in [4.78, 5) is 50.2. The quantitative estimate of drug-likeness (QED) is 0.300. The number of hydrogen-bond acceptors (Lipinski definition) is 8. The van der Waals surface area contributed by atoms with Crippen LogP contribution >= 0.6 is 23.2 Å². The maximum Gasteiger partial charge on any atom is 0.263 e. The van der Waals surface area contributed by atoms with Crippen LogP contribution in [0.2, 0.25) is 10.0 Å². The number of hydrogen-bond donors (Lipinski definition) is 3. The van der Waals surface area contributed by atoms with Crippen molar-refractivity contribution in [2.24, 2.45) is 5.73 Å². The number of fused-ring (bicyclic) bond motifs is 2. The van der Waals surface area contributed by atoms with Gasteiger partial charge in [0.1, 0.15) is 29.6 Å². The lowest BCUT2D eigenvalue weighted by Crippen LogP contribution is -2.44. The number of phenols is 1. The van der Waals surface area contributed by atoms with Crippen molar-refractivity contribution in [1.82, 2.24) is 19.1 Å². The van der Waals surface area contributed by atoms with Crippen molar-refractivity contribution in [1.29, 1.82) is 0 Å². The van der Waals surface area contributed by atoms with E-state index in [0.29, 0.717) is 66.8 Å². The van der Waals surface area contributed by atoms with Crippen LogP contribution in [0.5, 0.6) is 5.75 Å². The summed E-state index contributed by atoms with van der Waals surface area (Å²) in [6.45, 7) is 4.16. The molecule has 2 aliphatic heterocycles. The molecule has 1 aromatic carbocycles. The fraction of sp³-hybridized carbons (Fsp3) is 0.321. The molecule has 1 saturated heterocycles. The van der Waals surface area contributed by atoms with Crippen LogP contribution < -0.4 is 21.5 Å². The Morgan fingerprint density at radius 3 is 2.79 bits per heavy atom. The van der Waals surface area contributed by atoms with Crippen LogP contribution in [0.25, 0.3) is 22.2 Å². The molecular weight excluding hydrogens is 585 g/mol. The summed E-state index contributed by atoms with van der Waals surface area (Å²) < 4.78 is 8.70. The normalized spacial score (nSPS) is 16.5. The minimum atomic E-state index is -0.879. The van der Waals surface area contributed by atoms with Gasteiger partial charge in [-0.05, 0) is 31.0 Å². The Morgan fingerprint density at radius 1 is 1.21 bits per heavy atom. The smallest absolute Gasteiger partial charge is 0.263 e. The molecule has 12 nitrogen and oxygen atoms in total. The molecule has 5 heterocycles. The highest BCUT2D eigenvalue weighted by Gasteiger charge is 2.25. The number of carbonyl (C=O) groups is 2. The highest BCUT2D eigenvalue weighted by molar-refractivity contribution is 6.34. The summed E-state index contributed by atoms with van der Waals surface area (Å²) in [5.74, 6) is -0.445. The van der Waals surface area contributed by atoms with Gasteiger partial charge in [0.2, 0.25) is 5.91 Å². The number of ether oxygens (including phenoxy) is 1. The number of nitrogens with zero attached hydrogens (tertiary/aromatic N) is 5. The number of aromatic nitrogens is 4. The molecule has 3 aromatic heterocycles. The second-order valence-electron chi connectivity index (χ2n) is 10.4. The summed E-state index contributed by atoms with van der Waals surface area (Å²) in [5.41, 5.74) is 6.46. The number of pyridine rings is 1. The van der Waals surface area contributed by atoms with Crippen molar-refractivity contribution in [2.45, 2.75) is 38.9 Å². The number of aromatic hydroxyl groups is 1. The van der Waals surface area contributed by atoms with Crippen molar-refractivity contribution in [3.8, 4) is 16.9 Å². The van der Waals surface area contributed by atoms with Crippen molar-refractivity contribution >= 4 is 57.6 Å². The van der Waals surface area contributed by atoms with Crippen LogP contribution in [-0.2, 0) is 29.0 Å². The van der Waals surface area contributed by atoms with Gasteiger partial charge in [-0.15, -0.1) is 0 Å². The van der Waals surface area contributed by atoms with Crippen LogP contribution in [0.15, 0.2) is 35.4 Å². The maximum atomic E-state index is 13.6. The molecule has 0 bridgehead atoms. The first-order valence-electron chi connectivity index (χ1n) is 13.4. The van der Waals surface area contributed by atoms with Crippen molar-refractivity contribution in [2.75, 3.05) is 30.0 Å². The summed E-state index contributed by atoms with van der Waals surface area (Å²) in [7, 11) is 0. The first-order valence-corrected chi connectivity index (χ1v) is 14.1. The summed E-state index contributed by atoms with van der Waals surface area (Å²) in [6.07, 6.45) is 4.50. The molecule has 0 unspecified atom stereocenters. The summed E-state index contributed by atoms with van der Waals surface area (Å²) >= 11 is 12.6. The van der Waals surface area contributed by atoms with Gasteiger partial charge < -0.3 is 30.4 Å². The standard InChI is InChI=1S/C28H27Cl2N7O5/c1-14-13-42-6-5-36(14)22-9-20(19(30)10-32-22)33-23(38)12-35-11-17(15-7-16(26(31)40)25(39)18(29)8-15)24-27(35)34-21-3-2-4-37(21)28(24)41/h7-11,14,39H,2-6,12-13H2,1H3,(H2,31,40)(H,32,33,38)/t14-/m0/s1. The number of primary amides is 1. The van der Waals surface area contributed by atoms with E-state index in [1.165, 1.54) is 18.3 Å². The third kappa shape index (κ3) is 4.95. The Labute approximate surface area is 249 Å². The minimum Gasteiger partial charge on any atom is -0.506 e. The van der Waals surface area contributed by atoms with Gasteiger partial charge in [0, 0.05) is 37.3 Å². The monoisotopic (exact) mass is 611 g/mol. The number of nitrogens with one attached hydrogen (secondary N) is 1. The van der Waals surface area contributed by atoms with Gasteiger partial charge in [0.15, 0.2) is 0 Å². The molecule has 218 valence electrons. The van der Waals surface area contributed by atoms with Gasteiger partial charge in [0.25, 0.3) is 11.5 Å². The Bertz CT molecular complexity index is 1820. The van der Waals surface area contributed by atoms with E-state index in [9.17, 15) is 19.5 Å². The number of amides is 2. The van der Waals surface area contributed by atoms with E-state index in [0.717, 1.165) is 6.42 Å². The molecule has 0 radical (unpaired) electrons. The van der Waals surface area contributed by atoms with Crippen LogP contribution in [0.1, 0.15) is 29.5 Å². The lowest BCUT2D eigenvalue weighted by Gasteiger charge is -2.34. The molecular formula is C28H27Cl2N7O5. The third-order valence-corrected chi connectivity index (χ3v) is 8.16. The minimum absolute atomic E-state index is 0.105. The number of halogens is 2. The van der Waals surface area contributed by atoms with Crippen LogP contribution in [-0.4, -0.2) is 61.8 Å². The molecule has 4 aromatic rings. The van der Waals surface area contributed by atoms with E-state index in [1.54, 1.807) is 21.4 Å². The molecule has 14 heteroatoms. The number of morpholine rings is 1. The topological polar surface area (TPSA) is 158 Å². The SMILES string of the molecule is C[C@H]1COCCN1c1cc(NC(=O)Cn2cc(-c3cc(Cl)c(O)c(C(N)=O)c3)c3c(=O)n4c(nc32)CCC4)c(Cl)cn1. The van der Waals surface area contributed by atoms with Crippen LogP contribution in [0, 0.1) is 0 Å². The zero-order valence-electron chi connectivity index (χ0n) is 22.6. The second kappa shape index (κ2) is 10.9. The first-order chi connectivity index (χ1) is 20.1. The number of nitrogens with two attached hydrogens (primary N) is 1. The summed E-state index contributed by atoms with van der Waals surface area (Å²) in [6, 6.07) is 4.63. The number of carbonyl (C=O) groups excluding carboxylic acids is 2. The molecule has 0 saturated carbocycles. The zero-order valence-corrected chi connectivity index (χ0v) is 24.1. The Hall–Kier alpha value is -4.13. The van der Waals surface area contributed by atoms with Gasteiger partial charge in [0.05, 0.1) is 52.1 Å². The highest BCUT2D eigenvalue weighted by atomic mass is 35.5. The Morgan fingerprint density at radius 2 is 2.02 bits per heavy atom. The average molecular weight is 612 g/mol. The van der Waals surface area contributed by atoms with Gasteiger partial charge in [-0.1, -0.05) is 23.2 Å². The van der Waals surface area contributed by atoms with Crippen LogP contribution in [0.3, 0.4) is 0 Å². The predicted octanol–water partition coefficient (Wildman–Crippen LogP) is 3.18. The average Bonchev–Trinajstić information content (AvgIpc) is 3.57. The fourth-order valence-corrected chi connectivity index (χ4v) is 5.87. The van der Waals surface area contributed by atoms with E-state index in [4.69, 9.17) is 38.7 Å². The molecule has 0 spiro atoms. The third-order valence-electron chi connectivity index (χ3n) is 7.57. The van der Waals surface area contributed by atoms with E-state index < -0.39 is 17.6 Å². The molecule has 1 fully saturated rings. The molecule has 2 amide bonds. The highest BCUT2D eigenvalue weighted by Crippen LogP contribution is 2.36. The lowest BCUT2D eigenvalue weighted by atomic mass is 10.0. The number of anilines is 2. The number of aryl methyl sites for hydroxylation is 1. The molecule has 6 rings (SSSR count). The molecule has 1 atom stereocenters. The molecule has 4 N–H and O–H groups in total. The molecule has 42 heavy (non-hydrogen) atoms. The number of benzene rings is 1. The zero-order chi connectivity index (χ0) is 29.7.